The molecular weight excluding hydrogens is 556 g/mol. The minimum absolute atomic E-state index is 0.0119. The Balaban J connectivity index is 1.89. The van der Waals surface area contributed by atoms with Crippen LogP contribution in [-0.2, 0) is 15.0 Å². The molecule has 4 rings (SSSR count). The number of non-ortho nitro benzene ring substituents is 1. The number of para-hydroxylation sites is 1. The number of nitro benzene ring substituents is 1. The second kappa shape index (κ2) is 12.3. The third-order valence-electron chi connectivity index (χ3n) is 7.33. The number of carbonyl (C=O) groups excluding carboxylic acids is 1. The monoisotopic (exact) mass is 586 g/mol. The van der Waals surface area contributed by atoms with Crippen molar-refractivity contribution in [3.63, 3.8) is 0 Å². The van der Waals surface area contributed by atoms with Crippen LogP contribution in [0.15, 0.2) is 65.8 Å². The van der Waals surface area contributed by atoms with Crippen LogP contribution in [0.4, 0.5) is 23.2 Å². The fourth-order valence-electron chi connectivity index (χ4n) is 5.65. The first-order valence-electron chi connectivity index (χ1n) is 13.5. The third-order valence-corrected chi connectivity index (χ3v) is 7.33. The molecule has 0 aliphatic heterocycles. The highest BCUT2D eigenvalue weighted by atomic mass is 19.3. The summed E-state index contributed by atoms with van der Waals surface area (Å²) in [5.74, 6) is -5.28. The Morgan fingerprint density at radius 1 is 1.00 bits per heavy atom. The predicted molar refractivity (Wildman–Crippen MR) is 149 cm³/mol. The molecule has 7 nitrogen and oxygen atoms in total. The maximum Gasteiger partial charge on any atom is 0.340 e. The van der Waals surface area contributed by atoms with E-state index in [-0.39, 0.29) is 22.7 Å². The number of carbonyl (C=O) groups is 1. The molecule has 0 bridgehead atoms. The summed E-state index contributed by atoms with van der Waals surface area (Å²) in [4.78, 5) is 27.9. The molecular formula is C31H30F4N2O5. The number of nitro groups is 1. The quantitative estimate of drug-likeness (QED) is 0.0704. The fourth-order valence-corrected chi connectivity index (χ4v) is 5.65. The van der Waals surface area contributed by atoms with Gasteiger partial charge in [-0.2, -0.15) is 8.78 Å². The maximum atomic E-state index is 13.7. The van der Waals surface area contributed by atoms with E-state index < -0.39 is 35.3 Å². The van der Waals surface area contributed by atoms with Gasteiger partial charge < -0.3 is 9.57 Å². The highest BCUT2D eigenvalue weighted by Crippen LogP contribution is 2.54. The number of fused-ring (bicyclic) bond motifs is 3. The molecule has 3 aromatic carbocycles. The number of benzene rings is 3. The van der Waals surface area contributed by atoms with Crippen LogP contribution in [0, 0.1) is 10.1 Å². The Bertz CT molecular complexity index is 1520. The average Bonchev–Trinajstić information content (AvgIpc) is 3.21. The molecule has 0 heterocycles. The van der Waals surface area contributed by atoms with Gasteiger partial charge in [-0.3, -0.25) is 10.1 Å². The molecule has 0 saturated heterocycles. The van der Waals surface area contributed by atoms with Crippen molar-refractivity contribution in [1.82, 2.24) is 0 Å². The molecule has 0 spiro atoms. The van der Waals surface area contributed by atoms with Gasteiger partial charge in [0.15, 0.2) is 6.61 Å². The topological polar surface area (TPSA) is 91.0 Å². The van der Waals surface area contributed by atoms with Crippen LogP contribution in [0.5, 0.6) is 5.75 Å². The number of alkyl halides is 4. The van der Waals surface area contributed by atoms with E-state index in [2.05, 4.69) is 5.16 Å². The van der Waals surface area contributed by atoms with Gasteiger partial charge in [0.05, 0.1) is 4.92 Å². The zero-order valence-electron chi connectivity index (χ0n) is 23.3. The molecule has 3 aromatic rings. The zero-order chi connectivity index (χ0) is 30.7. The van der Waals surface area contributed by atoms with Gasteiger partial charge >= 0.3 is 18.3 Å². The van der Waals surface area contributed by atoms with E-state index in [1.54, 1.807) is 24.3 Å². The molecule has 1 aliphatic carbocycles. The SMILES string of the molecule is CCCC1(CCC)c2cc(/C(=N/OC(C)=O)c3ccccc3OCC(F)(F)C(F)F)ccc2-c2ccc([N+](=O)[O-])cc21. The van der Waals surface area contributed by atoms with Crippen molar-refractivity contribution in [3.8, 4) is 16.9 Å². The lowest BCUT2D eigenvalue weighted by molar-refractivity contribution is -0.384. The lowest BCUT2D eigenvalue weighted by Crippen LogP contribution is -2.34. The van der Waals surface area contributed by atoms with Gasteiger partial charge in [0.25, 0.3) is 5.69 Å². The van der Waals surface area contributed by atoms with E-state index in [0.717, 1.165) is 42.0 Å². The lowest BCUT2D eigenvalue weighted by atomic mass is 9.71. The average molecular weight is 587 g/mol. The van der Waals surface area contributed by atoms with E-state index in [1.165, 1.54) is 24.3 Å². The Morgan fingerprint density at radius 3 is 2.21 bits per heavy atom. The summed E-state index contributed by atoms with van der Waals surface area (Å²) in [5.41, 5.74) is 3.60. The summed E-state index contributed by atoms with van der Waals surface area (Å²) in [5, 5.41) is 15.7. The summed E-state index contributed by atoms with van der Waals surface area (Å²) in [6.45, 7) is 3.64. The van der Waals surface area contributed by atoms with Gasteiger partial charge in [0, 0.05) is 35.6 Å². The zero-order valence-corrected chi connectivity index (χ0v) is 23.3. The molecule has 0 saturated carbocycles. The number of hydrogen-bond donors (Lipinski definition) is 0. The van der Waals surface area contributed by atoms with Crippen molar-refractivity contribution in [2.75, 3.05) is 6.61 Å². The van der Waals surface area contributed by atoms with Crippen LogP contribution < -0.4 is 4.74 Å². The van der Waals surface area contributed by atoms with Crippen LogP contribution in [-0.4, -0.2) is 35.6 Å². The summed E-state index contributed by atoms with van der Waals surface area (Å²) in [7, 11) is 0. The molecule has 0 radical (unpaired) electrons. The normalized spacial score (nSPS) is 14.0. The number of oxime groups is 1. The number of halogens is 4. The molecule has 0 aromatic heterocycles. The predicted octanol–water partition coefficient (Wildman–Crippen LogP) is 8.06. The molecule has 0 N–H and O–H groups in total. The van der Waals surface area contributed by atoms with E-state index in [9.17, 15) is 32.5 Å². The minimum Gasteiger partial charge on any atom is -0.486 e. The van der Waals surface area contributed by atoms with Crippen molar-refractivity contribution in [1.29, 1.82) is 0 Å². The Labute approximate surface area is 240 Å². The number of nitrogens with zero attached hydrogens (tertiary/aromatic N) is 2. The van der Waals surface area contributed by atoms with Crippen LogP contribution in [0.1, 0.15) is 68.7 Å². The van der Waals surface area contributed by atoms with Crippen molar-refractivity contribution in [2.45, 2.75) is 64.2 Å². The number of ether oxygens (including phenoxy) is 1. The molecule has 42 heavy (non-hydrogen) atoms. The molecule has 0 fully saturated rings. The summed E-state index contributed by atoms with van der Waals surface area (Å²) in [6, 6.07) is 16.2. The first-order valence-corrected chi connectivity index (χ1v) is 13.5. The summed E-state index contributed by atoms with van der Waals surface area (Å²) >= 11 is 0. The molecule has 0 amide bonds. The second-order valence-electron chi connectivity index (χ2n) is 10.2. The Hall–Kier alpha value is -4.28. The van der Waals surface area contributed by atoms with Gasteiger partial charge in [0.2, 0.25) is 0 Å². The van der Waals surface area contributed by atoms with E-state index in [0.29, 0.717) is 18.4 Å². The van der Waals surface area contributed by atoms with Gasteiger partial charge in [-0.15, -0.1) is 0 Å². The van der Waals surface area contributed by atoms with Gasteiger partial charge in [-0.25, -0.2) is 13.6 Å². The lowest BCUT2D eigenvalue weighted by Gasteiger charge is -2.32. The third kappa shape index (κ3) is 5.86. The molecule has 0 unspecified atom stereocenters. The number of hydrogen-bond acceptors (Lipinski definition) is 6. The standard InChI is InChI=1S/C31H30F4N2O5/c1-4-14-30(15-5-2)25-16-20(10-12-22(25)23-13-11-21(37(39)40)17-26(23)30)28(36-42-19(3)38)24-8-6-7-9-27(24)41-18-31(34,35)29(32)33/h6-13,16-17,29H,4-5,14-15,18H2,1-3H3/b36-28-. The Kier molecular flexibility index (Phi) is 8.98. The largest absolute Gasteiger partial charge is 0.486 e. The first kappa shape index (κ1) is 30.7. The van der Waals surface area contributed by atoms with Crippen molar-refractivity contribution < 1.29 is 36.9 Å². The maximum absolute atomic E-state index is 13.7. The summed E-state index contributed by atoms with van der Waals surface area (Å²) < 4.78 is 58.2. The van der Waals surface area contributed by atoms with Crippen LogP contribution >= 0.6 is 0 Å². The van der Waals surface area contributed by atoms with E-state index in [4.69, 9.17) is 9.57 Å². The smallest absolute Gasteiger partial charge is 0.340 e. The molecule has 1 aliphatic rings. The first-order chi connectivity index (χ1) is 19.9. The molecule has 222 valence electrons. The molecule has 0 atom stereocenters. The van der Waals surface area contributed by atoms with E-state index >= 15 is 0 Å². The van der Waals surface area contributed by atoms with Crippen molar-refractivity contribution >= 4 is 17.4 Å². The highest BCUT2D eigenvalue weighted by molar-refractivity contribution is 6.15. The van der Waals surface area contributed by atoms with Gasteiger partial charge in [0.1, 0.15) is 11.5 Å². The van der Waals surface area contributed by atoms with Crippen LogP contribution in [0.25, 0.3) is 11.1 Å². The van der Waals surface area contributed by atoms with Crippen LogP contribution in [0.3, 0.4) is 0 Å². The fraction of sp³-hybridized carbons (Fsp3) is 0.355. The van der Waals surface area contributed by atoms with E-state index in [1.807, 2.05) is 26.0 Å². The molecule has 11 heteroatoms. The number of rotatable bonds is 12. The van der Waals surface area contributed by atoms with Crippen LogP contribution in [0.2, 0.25) is 0 Å². The van der Waals surface area contributed by atoms with Gasteiger partial charge in [-0.1, -0.05) is 56.1 Å². The van der Waals surface area contributed by atoms with Crippen molar-refractivity contribution in [3.05, 3.63) is 93.0 Å². The second-order valence-corrected chi connectivity index (χ2v) is 10.2. The van der Waals surface area contributed by atoms with Crippen molar-refractivity contribution in [2.24, 2.45) is 5.16 Å². The van der Waals surface area contributed by atoms with Gasteiger partial charge in [-0.05, 0) is 59.4 Å². The highest BCUT2D eigenvalue weighted by Gasteiger charge is 2.44. The Morgan fingerprint density at radius 2 is 1.62 bits per heavy atom. The minimum atomic E-state index is -4.39. The summed E-state index contributed by atoms with van der Waals surface area (Å²) in [6.07, 6.45) is -0.947.